The molecular formula is C14H9F2N3O. The number of nitrogens with zero attached hydrogens (tertiary/aromatic N) is 2. The number of benzene rings is 1. The van der Waals surface area contributed by atoms with Gasteiger partial charge < -0.3 is 5.32 Å². The Labute approximate surface area is 113 Å². The molecule has 0 radical (unpaired) electrons. The minimum Gasteiger partial charge on any atom is -0.321 e. The fourth-order valence-corrected chi connectivity index (χ4v) is 1.64. The standard InChI is InChI=1S/C14H9F2N3O/c1-8-4-9(6-17)7-18-13(8)14(20)19-10-2-3-11(15)12(16)5-10/h2-5,7H,1H3,(H,19,20). The van der Waals surface area contributed by atoms with Crippen molar-refractivity contribution in [2.75, 3.05) is 5.32 Å². The molecule has 6 heteroatoms. The van der Waals surface area contributed by atoms with E-state index in [9.17, 15) is 13.6 Å². The van der Waals surface area contributed by atoms with Crippen LogP contribution in [0.5, 0.6) is 0 Å². The minimum absolute atomic E-state index is 0.119. The molecule has 2 aromatic rings. The topological polar surface area (TPSA) is 65.8 Å². The molecule has 0 aliphatic heterocycles. The van der Waals surface area contributed by atoms with Crippen molar-refractivity contribution in [1.82, 2.24) is 4.98 Å². The smallest absolute Gasteiger partial charge is 0.274 e. The molecule has 0 saturated carbocycles. The van der Waals surface area contributed by atoms with Crippen LogP contribution in [-0.4, -0.2) is 10.9 Å². The third-order valence-corrected chi connectivity index (χ3v) is 2.60. The van der Waals surface area contributed by atoms with Crippen LogP contribution in [0.4, 0.5) is 14.5 Å². The number of rotatable bonds is 2. The number of hydrogen-bond acceptors (Lipinski definition) is 3. The molecule has 1 heterocycles. The van der Waals surface area contributed by atoms with Gasteiger partial charge in [0.2, 0.25) is 0 Å². The predicted molar refractivity (Wildman–Crippen MR) is 68.0 cm³/mol. The maximum Gasteiger partial charge on any atom is 0.274 e. The van der Waals surface area contributed by atoms with E-state index in [1.54, 1.807) is 6.92 Å². The lowest BCUT2D eigenvalue weighted by Crippen LogP contribution is -2.15. The molecule has 1 amide bonds. The third kappa shape index (κ3) is 2.78. The quantitative estimate of drug-likeness (QED) is 0.914. The second kappa shape index (κ2) is 5.45. The van der Waals surface area contributed by atoms with Crippen molar-refractivity contribution < 1.29 is 13.6 Å². The Morgan fingerprint density at radius 1 is 1.30 bits per heavy atom. The zero-order chi connectivity index (χ0) is 14.7. The molecule has 1 N–H and O–H groups in total. The van der Waals surface area contributed by atoms with Gasteiger partial charge in [-0.3, -0.25) is 4.79 Å². The molecule has 4 nitrogen and oxygen atoms in total. The zero-order valence-electron chi connectivity index (χ0n) is 10.4. The average Bonchev–Trinajstić information content (AvgIpc) is 2.42. The van der Waals surface area contributed by atoms with E-state index in [-0.39, 0.29) is 11.4 Å². The number of halogens is 2. The summed E-state index contributed by atoms with van der Waals surface area (Å²) in [6.45, 7) is 1.63. The Balaban J connectivity index is 2.24. The number of aryl methyl sites for hydroxylation is 1. The van der Waals surface area contributed by atoms with Gasteiger partial charge in [-0.15, -0.1) is 0 Å². The summed E-state index contributed by atoms with van der Waals surface area (Å²) in [4.78, 5) is 15.8. The molecule has 0 atom stereocenters. The Hall–Kier alpha value is -2.81. The van der Waals surface area contributed by atoms with Gasteiger partial charge in [-0.05, 0) is 30.7 Å². The molecule has 1 aromatic carbocycles. The Morgan fingerprint density at radius 3 is 2.65 bits per heavy atom. The van der Waals surface area contributed by atoms with Crippen molar-refractivity contribution in [1.29, 1.82) is 5.26 Å². The van der Waals surface area contributed by atoms with Gasteiger partial charge in [-0.2, -0.15) is 5.26 Å². The van der Waals surface area contributed by atoms with Crippen molar-refractivity contribution in [3.63, 3.8) is 0 Å². The summed E-state index contributed by atoms with van der Waals surface area (Å²) in [7, 11) is 0. The van der Waals surface area contributed by atoms with Crippen LogP contribution in [0.15, 0.2) is 30.5 Å². The number of nitriles is 1. The number of amides is 1. The maximum atomic E-state index is 13.0. The van der Waals surface area contributed by atoms with Gasteiger partial charge in [-0.25, -0.2) is 13.8 Å². The van der Waals surface area contributed by atoms with E-state index < -0.39 is 17.5 Å². The summed E-state index contributed by atoms with van der Waals surface area (Å²) in [6, 6.07) is 6.48. The number of hydrogen-bond donors (Lipinski definition) is 1. The van der Waals surface area contributed by atoms with E-state index in [1.807, 2.05) is 6.07 Å². The van der Waals surface area contributed by atoms with Gasteiger partial charge in [0.15, 0.2) is 11.6 Å². The van der Waals surface area contributed by atoms with E-state index in [1.165, 1.54) is 18.3 Å². The maximum absolute atomic E-state index is 13.0. The lowest BCUT2D eigenvalue weighted by Gasteiger charge is -2.07. The van der Waals surface area contributed by atoms with Gasteiger partial charge in [0.1, 0.15) is 11.8 Å². The normalized spacial score (nSPS) is 9.90. The summed E-state index contributed by atoms with van der Waals surface area (Å²) in [6.07, 6.45) is 1.27. The first kappa shape index (κ1) is 13.6. The largest absolute Gasteiger partial charge is 0.321 e. The number of pyridine rings is 1. The Kier molecular flexibility index (Phi) is 3.71. The molecule has 100 valence electrons. The molecule has 0 spiro atoms. The third-order valence-electron chi connectivity index (χ3n) is 2.60. The highest BCUT2D eigenvalue weighted by atomic mass is 19.2. The van der Waals surface area contributed by atoms with E-state index in [4.69, 9.17) is 5.26 Å². The van der Waals surface area contributed by atoms with Gasteiger partial charge in [0, 0.05) is 18.0 Å². The van der Waals surface area contributed by atoms with Gasteiger partial charge in [0.25, 0.3) is 5.91 Å². The zero-order valence-corrected chi connectivity index (χ0v) is 10.4. The van der Waals surface area contributed by atoms with Crippen molar-refractivity contribution in [2.45, 2.75) is 6.92 Å². The molecule has 0 unspecified atom stereocenters. The number of carbonyl (C=O) groups is 1. The highest BCUT2D eigenvalue weighted by molar-refractivity contribution is 6.03. The van der Waals surface area contributed by atoms with E-state index >= 15 is 0 Å². The van der Waals surface area contributed by atoms with E-state index in [0.29, 0.717) is 11.1 Å². The summed E-state index contributed by atoms with van der Waals surface area (Å²) >= 11 is 0. The van der Waals surface area contributed by atoms with Crippen LogP contribution in [0.2, 0.25) is 0 Å². The van der Waals surface area contributed by atoms with Crippen molar-refractivity contribution >= 4 is 11.6 Å². The van der Waals surface area contributed by atoms with Crippen LogP contribution in [0.3, 0.4) is 0 Å². The van der Waals surface area contributed by atoms with Crippen molar-refractivity contribution in [3.05, 3.63) is 58.9 Å². The lowest BCUT2D eigenvalue weighted by atomic mass is 10.1. The Bertz CT molecular complexity index is 723. The number of anilines is 1. The van der Waals surface area contributed by atoms with Crippen LogP contribution in [0.1, 0.15) is 21.6 Å². The number of aromatic nitrogens is 1. The van der Waals surface area contributed by atoms with Crippen molar-refractivity contribution in [2.24, 2.45) is 0 Å². The van der Waals surface area contributed by atoms with Gasteiger partial charge in [-0.1, -0.05) is 0 Å². The SMILES string of the molecule is Cc1cc(C#N)cnc1C(=O)Nc1ccc(F)c(F)c1. The minimum atomic E-state index is -1.05. The van der Waals surface area contributed by atoms with E-state index in [2.05, 4.69) is 10.3 Å². The predicted octanol–water partition coefficient (Wildman–Crippen LogP) is 2.79. The fourth-order valence-electron chi connectivity index (χ4n) is 1.64. The van der Waals surface area contributed by atoms with Crippen molar-refractivity contribution in [3.8, 4) is 6.07 Å². The van der Waals surface area contributed by atoms with Crippen LogP contribution in [0, 0.1) is 29.9 Å². The molecule has 0 bridgehead atoms. The second-order valence-corrected chi connectivity index (χ2v) is 4.08. The first-order valence-corrected chi connectivity index (χ1v) is 5.64. The summed E-state index contributed by atoms with van der Waals surface area (Å²) in [5.74, 6) is -2.60. The molecule has 1 aromatic heterocycles. The van der Waals surface area contributed by atoms with E-state index in [0.717, 1.165) is 12.1 Å². The summed E-state index contributed by atoms with van der Waals surface area (Å²) < 4.78 is 25.8. The Morgan fingerprint density at radius 2 is 2.05 bits per heavy atom. The first-order chi connectivity index (χ1) is 9.51. The highest BCUT2D eigenvalue weighted by Crippen LogP contribution is 2.15. The number of carbonyl (C=O) groups excluding carboxylic acids is 1. The van der Waals surface area contributed by atoms with Gasteiger partial charge >= 0.3 is 0 Å². The lowest BCUT2D eigenvalue weighted by molar-refractivity contribution is 0.102. The molecule has 0 fully saturated rings. The first-order valence-electron chi connectivity index (χ1n) is 5.64. The highest BCUT2D eigenvalue weighted by Gasteiger charge is 2.12. The molecule has 0 saturated heterocycles. The molecule has 0 aliphatic rings. The van der Waals surface area contributed by atoms with Crippen LogP contribution < -0.4 is 5.32 Å². The average molecular weight is 273 g/mol. The van der Waals surface area contributed by atoms with Crippen LogP contribution >= 0.6 is 0 Å². The fraction of sp³-hybridized carbons (Fsp3) is 0.0714. The molecule has 0 aliphatic carbocycles. The number of nitrogens with one attached hydrogen (secondary N) is 1. The van der Waals surface area contributed by atoms with Crippen LogP contribution in [-0.2, 0) is 0 Å². The molecule has 20 heavy (non-hydrogen) atoms. The molecular weight excluding hydrogens is 264 g/mol. The summed E-state index contributed by atoms with van der Waals surface area (Å²) in [5.41, 5.74) is 1.10. The van der Waals surface area contributed by atoms with Crippen LogP contribution in [0.25, 0.3) is 0 Å². The monoisotopic (exact) mass is 273 g/mol. The second-order valence-electron chi connectivity index (χ2n) is 4.08. The van der Waals surface area contributed by atoms with Gasteiger partial charge in [0.05, 0.1) is 5.56 Å². The molecule has 2 rings (SSSR count). The summed E-state index contributed by atoms with van der Waals surface area (Å²) in [5, 5.41) is 11.1.